The lowest BCUT2D eigenvalue weighted by Crippen LogP contribution is -2.32. The van der Waals surface area contributed by atoms with Gasteiger partial charge >= 0.3 is 17.9 Å². The number of carbonyl (C=O) groups excluding carboxylic acids is 2. The molecule has 0 aliphatic rings. The maximum atomic E-state index is 10.7. The summed E-state index contributed by atoms with van der Waals surface area (Å²) in [5, 5.41) is 51.5. The van der Waals surface area contributed by atoms with Crippen LogP contribution in [0.5, 0.6) is 0 Å². The molecule has 0 radical (unpaired) electrons. The first-order valence-electron chi connectivity index (χ1n) is 9.50. The highest BCUT2D eigenvalue weighted by Gasteiger charge is 2.13. The summed E-state index contributed by atoms with van der Waals surface area (Å²) >= 11 is 0. The summed E-state index contributed by atoms with van der Waals surface area (Å²) < 4.78 is 8.97. The van der Waals surface area contributed by atoms with Gasteiger partial charge in [-0.1, -0.05) is 12.1 Å². The lowest BCUT2D eigenvalue weighted by Gasteiger charge is -2.08. The molecular weight excluding hydrogens is 448 g/mol. The molecule has 0 aliphatic heterocycles. The van der Waals surface area contributed by atoms with Gasteiger partial charge in [0.25, 0.3) is 5.69 Å². The van der Waals surface area contributed by atoms with Crippen LogP contribution in [0.2, 0.25) is 0 Å². The van der Waals surface area contributed by atoms with E-state index in [2.05, 4.69) is 9.47 Å². The maximum Gasteiger partial charge on any atom is 0.334 e. The number of carboxylic acids is 1. The Morgan fingerprint density at radius 1 is 0.970 bits per heavy atom. The van der Waals surface area contributed by atoms with Crippen molar-refractivity contribution in [1.29, 1.82) is 0 Å². The van der Waals surface area contributed by atoms with Crippen molar-refractivity contribution in [3.05, 3.63) is 39.9 Å². The third kappa shape index (κ3) is 17.1. The predicted molar refractivity (Wildman–Crippen MR) is 112 cm³/mol. The summed E-state index contributed by atoms with van der Waals surface area (Å²) in [5.41, 5.74) is 5.95. The number of benzene rings is 1. The van der Waals surface area contributed by atoms with Gasteiger partial charge in [0.2, 0.25) is 0 Å². The molecule has 3 atom stereocenters. The number of aliphatic hydroxyl groups excluding tert-OH is 4. The molecule has 0 aliphatic carbocycles. The number of hydrogen-bond acceptors (Lipinski definition) is 12. The smallest absolute Gasteiger partial charge is 0.334 e. The summed E-state index contributed by atoms with van der Waals surface area (Å²) in [6, 6.07) is 4.67. The fourth-order valence-electron chi connectivity index (χ4n) is 1.62. The fraction of sp³-hybridized carbons (Fsp3) is 0.526. The average Bonchev–Trinajstić information content (AvgIpc) is 2.77. The number of rotatable bonds is 10. The summed E-state index contributed by atoms with van der Waals surface area (Å²) in [6.07, 6.45) is -2.22. The van der Waals surface area contributed by atoms with E-state index in [1.54, 1.807) is 0 Å². The summed E-state index contributed by atoms with van der Waals surface area (Å²) in [6.45, 7) is 2.01. The third-order valence-electron chi connectivity index (χ3n) is 3.27. The van der Waals surface area contributed by atoms with Gasteiger partial charge < -0.3 is 40.7 Å². The zero-order chi connectivity index (χ0) is 26.0. The molecule has 0 amide bonds. The number of esters is 2. The van der Waals surface area contributed by atoms with E-state index in [1.807, 2.05) is 0 Å². The van der Waals surface area contributed by atoms with Gasteiger partial charge in [0.1, 0.15) is 31.5 Å². The van der Waals surface area contributed by atoms with Crippen molar-refractivity contribution in [1.82, 2.24) is 0 Å². The van der Waals surface area contributed by atoms with E-state index >= 15 is 0 Å². The number of nitrogens with zero attached hydrogens (tertiary/aromatic N) is 1. The fourth-order valence-corrected chi connectivity index (χ4v) is 1.62. The van der Waals surface area contributed by atoms with Gasteiger partial charge in [-0.2, -0.15) is 0 Å². The topological polar surface area (TPSA) is 240 Å². The number of aliphatic hydroxyl groups is 4. The van der Waals surface area contributed by atoms with Crippen molar-refractivity contribution < 1.29 is 54.3 Å². The number of ether oxygens (including phenoxy) is 2. The van der Waals surface area contributed by atoms with Crippen molar-refractivity contribution >= 4 is 23.6 Å². The number of hydrogen-bond donors (Lipinski definition) is 6. The highest BCUT2D eigenvalue weighted by molar-refractivity contribution is 5.74. The molecule has 1 aromatic rings. The van der Waals surface area contributed by atoms with Crippen molar-refractivity contribution in [2.24, 2.45) is 5.73 Å². The van der Waals surface area contributed by atoms with E-state index in [-0.39, 0.29) is 38.5 Å². The van der Waals surface area contributed by atoms with Gasteiger partial charge in [-0.15, -0.1) is 0 Å². The second-order valence-corrected chi connectivity index (χ2v) is 6.21. The Morgan fingerprint density at radius 3 is 1.64 bits per heavy atom. The quantitative estimate of drug-likeness (QED) is 0.0957. The Morgan fingerprint density at radius 2 is 1.36 bits per heavy atom. The first kappa shape index (κ1) is 32.0. The van der Waals surface area contributed by atoms with E-state index in [4.69, 9.17) is 31.3 Å². The van der Waals surface area contributed by atoms with Crippen LogP contribution >= 0.6 is 0 Å². The summed E-state index contributed by atoms with van der Waals surface area (Å²) in [7, 11) is 0. The van der Waals surface area contributed by atoms with E-state index in [1.165, 1.54) is 38.1 Å². The summed E-state index contributed by atoms with van der Waals surface area (Å²) in [5.74, 6) is -2.65. The van der Waals surface area contributed by atoms with E-state index < -0.39 is 41.1 Å². The Bertz CT molecular complexity index is 698. The first-order valence-corrected chi connectivity index (χ1v) is 9.50. The van der Waals surface area contributed by atoms with Gasteiger partial charge in [0, 0.05) is 12.1 Å². The largest absolute Gasteiger partial charge is 0.480 e. The van der Waals surface area contributed by atoms with Crippen LogP contribution in [0, 0.1) is 10.1 Å². The number of carbonyl (C=O) groups is 3. The second kappa shape index (κ2) is 18.4. The van der Waals surface area contributed by atoms with E-state index in [9.17, 15) is 24.5 Å². The molecule has 188 valence electrons. The van der Waals surface area contributed by atoms with Crippen LogP contribution in [-0.2, 0) is 30.3 Å². The molecule has 0 saturated carbocycles. The van der Waals surface area contributed by atoms with Gasteiger partial charge in [0.05, 0.1) is 18.1 Å². The molecule has 7 N–H and O–H groups in total. The normalized spacial score (nSPS) is 12.5. The van der Waals surface area contributed by atoms with Gasteiger partial charge in [0.15, 0.2) is 0 Å². The van der Waals surface area contributed by atoms with Gasteiger partial charge in [-0.25, -0.2) is 9.59 Å². The molecule has 33 heavy (non-hydrogen) atoms. The average molecular weight is 478 g/mol. The zero-order valence-corrected chi connectivity index (χ0v) is 18.2. The van der Waals surface area contributed by atoms with Crippen LogP contribution < -0.4 is 5.73 Å². The molecular formula is C19H30N2O12. The molecule has 14 heteroatoms. The molecule has 1 rings (SSSR count). The monoisotopic (exact) mass is 478 g/mol. The highest BCUT2D eigenvalue weighted by atomic mass is 16.6. The van der Waals surface area contributed by atoms with Gasteiger partial charge in [-0.3, -0.25) is 14.9 Å². The Hall–Kier alpha value is -3.17. The van der Waals surface area contributed by atoms with Crippen LogP contribution in [0.4, 0.5) is 5.69 Å². The number of non-ortho nitro benzene ring substituents is 1. The molecule has 0 bridgehead atoms. The van der Waals surface area contributed by atoms with Crippen LogP contribution in [0.3, 0.4) is 0 Å². The Labute approximate surface area is 189 Å². The zero-order valence-electron chi connectivity index (χ0n) is 18.2. The number of nitro groups is 1. The van der Waals surface area contributed by atoms with Crippen LogP contribution in [0.25, 0.3) is 0 Å². The van der Waals surface area contributed by atoms with E-state index in [0.29, 0.717) is 5.56 Å². The van der Waals surface area contributed by atoms with Crippen LogP contribution in [-0.4, -0.2) is 93.0 Å². The van der Waals surface area contributed by atoms with Crippen LogP contribution in [0.15, 0.2) is 24.3 Å². The molecule has 1 aromatic carbocycles. The number of carboxylic acid groups (broad SMARTS) is 1. The highest BCUT2D eigenvalue weighted by Crippen LogP contribution is 2.12. The molecule has 3 unspecified atom stereocenters. The molecule has 0 fully saturated rings. The first-order chi connectivity index (χ1) is 15.4. The molecule has 0 aromatic heterocycles. The second-order valence-electron chi connectivity index (χ2n) is 6.21. The van der Waals surface area contributed by atoms with E-state index in [0.717, 1.165) is 0 Å². The minimum atomic E-state index is -1.19. The SMILES string of the molecule is CC(O)C(=O)OCCOC(=O)C(C)O.NC(Cc1ccc([N+](=O)[O-])cc1)C(=O)O.OCCO. The lowest BCUT2D eigenvalue weighted by atomic mass is 10.1. The van der Waals surface area contributed by atoms with Gasteiger partial charge in [-0.05, 0) is 25.8 Å². The summed E-state index contributed by atoms with van der Waals surface area (Å²) in [4.78, 5) is 41.6. The molecule has 14 nitrogen and oxygen atoms in total. The van der Waals surface area contributed by atoms with Crippen LogP contribution in [0.1, 0.15) is 19.4 Å². The molecule has 0 heterocycles. The number of nitrogens with two attached hydrogens (primary N) is 1. The minimum Gasteiger partial charge on any atom is -0.480 e. The van der Waals surface area contributed by atoms with Crippen molar-refractivity contribution in [2.75, 3.05) is 26.4 Å². The maximum absolute atomic E-state index is 10.7. The van der Waals surface area contributed by atoms with Crippen molar-refractivity contribution in [3.63, 3.8) is 0 Å². The minimum absolute atomic E-state index is 0.0253. The predicted octanol–water partition coefficient (Wildman–Crippen LogP) is -1.65. The standard InChI is InChI=1S/C9H10N2O4.C8H14O6.C2H6O2/c10-8(9(12)13)5-6-1-3-7(4-2-6)11(14)15;1-5(9)7(11)13-3-4-14-8(12)6(2)10;3-1-2-4/h1-4,8H,5,10H2,(H,12,13);5-6,9-10H,3-4H2,1-2H3;3-4H,1-2H2. The van der Waals surface area contributed by atoms with Crippen molar-refractivity contribution in [2.45, 2.75) is 38.5 Å². The molecule has 0 saturated heterocycles. The number of nitro benzene ring substituents is 1. The Balaban J connectivity index is 0. The Kier molecular flexibility index (Phi) is 17.9. The number of aliphatic carboxylic acids is 1. The van der Waals surface area contributed by atoms with Crippen molar-refractivity contribution in [3.8, 4) is 0 Å². The third-order valence-corrected chi connectivity index (χ3v) is 3.27. The lowest BCUT2D eigenvalue weighted by molar-refractivity contribution is -0.384. The molecule has 0 spiro atoms.